The Morgan fingerprint density at radius 2 is 1.54 bits per heavy atom. The number of benzene rings is 2. The van der Waals surface area contributed by atoms with Gasteiger partial charge >= 0.3 is 5.97 Å². The third-order valence-corrected chi connectivity index (χ3v) is 5.78. The highest BCUT2D eigenvalue weighted by Gasteiger charge is 2.22. The van der Waals surface area contributed by atoms with Crippen LogP contribution in [0.3, 0.4) is 0 Å². The fourth-order valence-corrected chi connectivity index (χ4v) is 3.62. The Hall–Kier alpha value is -1.99. The first-order chi connectivity index (χ1) is 13.1. The molecule has 0 aliphatic heterocycles. The van der Waals surface area contributed by atoms with E-state index in [9.17, 15) is 13.2 Å². The van der Waals surface area contributed by atoms with Crippen LogP contribution in [0.15, 0.2) is 62.9 Å². The lowest BCUT2D eigenvalue weighted by Gasteiger charge is -2.16. The third-order valence-electron chi connectivity index (χ3n) is 4.13. The van der Waals surface area contributed by atoms with E-state index in [1.807, 2.05) is 38.1 Å². The molecule has 0 fully saturated rings. The first kappa shape index (κ1) is 22.3. The first-order valence-corrected chi connectivity index (χ1v) is 11.5. The Kier molecular flexibility index (Phi) is 7.55. The molecule has 0 aromatic heterocycles. The summed E-state index contributed by atoms with van der Waals surface area (Å²) in [5.41, 5.74) is 2.17. The van der Waals surface area contributed by atoms with Crippen molar-refractivity contribution in [1.29, 1.82) is 0 Å². The molecule has 0 aliphatic rings. The summed E-state index contributed by atoms with van der Waals surface area (Å²) in [6.45, 7) is 4.04. The summed E-state index contributed by atoms with van der Waals surface area (Å²) in [4.78, 5) is 17.2. The number of carbonyl (C=O) groups is 1. The molecule has 0 amide bonds. The second-order valence-electron chi connectivity index (χ2n) is 6.95. The lowest BCUT2D eigenvalue weighted by atomic mass is 10.00. The molecule has 5 nitrogen and oxygen atoms in total. The van der Waals surface area contributed by atoms with Crippen molar-refractivity contribution >= 4 is 37.4 Å². The minimum absolute atomic E-state index is 0.234. The molecule has 0 saturated heterocycles. The lowest BCUT2D eigenvalue weighted by Crippen LogP contribution is -2.24. The maximum atomic E-state index is 12.3. The van der Waals surface area contributed by atoms with Crippen molar-refractivity contribution in [3.63, 3.8) is 0 Å². The predicted molar refractivity (Wildman–Crippen MR) is 115 cm³/mol. The van der Waals surface area contributed by atoms with Gasteiger partial charge in [0.1, 0.15) is 6.04 Å². The maximum Gasteiger partial charge on any atom is 0.330 e. The van der Waals surface area contributed by atoms with Gasteiger partial charge in [0.15, 0.2) is 9.84 Å². The molecule has 2 rings (SSSR count). The smallest absolute Gasteiger partial charge is 0.330 e. The number of carbonyl (C=O) groups excluding carboxylic acids is 1. The first-order valence-electron chi connectivity index (χ1n) is 8.84. The van der Waals surface area contributed by atoms with Gasteiger partial charge in [0.05, 0.1) is 17.7 Å². The van der Waals surface area contributed by atoms with Gasteiger partial charge in [-0.05, 0) is 36.6 Å². The van der Waals surface area contributed by atoms with Gasteiger partial charge in [-0.15, -0.1) is 0 Å². The number of rotatable bonds is 7. The molecular formula is C21H24BrNO4S. The highest BCUT2D eigenvalue weighted by Crippen LogP contribution is 2.20. The number of aliphatic imine (C=N–C) groups is 1. The SMILES string of the molecule is COC(=O)[C@@H](CC(C)C)N=C(c1ccc(Br)cc1)c1ccc(S(C)(=O)=O)cc1. The zero-order valence-electron chi connectivity index (χ0n) is 16.3. The minimum atomic E-state index is -3.29. The number of hydrogen-bond donors (Lipinski definition) is 0. The van der Waals surface area contributed by atoms with Crippen LogP contribution in [0.2, 0.25) is 0 Å². The van der Waals surface area contributed by atoms with E-state index >= 15 is 0 Å². The molecule has 0 unspecified atom stereocenters. The number of sulfone groups is 1. The lowest BCUT2D eigenvalue weighted by molar-refractivity contribution is -0.142. The van der Waals surface area contributed by atoms with E-state index in [4.69, 9.17) is 9.73 Å². The molecular weight excluding hydrogens is 442 g/mol. The van der Waals surface area contributed by atoms with Crippen LogP contribution in [0, 0.1) is 5.92 Å². The van der Waals surface area contributed by atoms with Gasteiger partial charge in [-0.1, -0.05) is 54.0 Å². The molecule has 0 bridgehead atoms. The van der Waals surface area contributed by atoms with Crippen LogP contribution >= 0.6 is 15.9 Å². The fraction of sp³-hybridized carbons (Fsp3) is 0.333. The van der Waals surface area contributed by atoms with E-state index in [0.29, 0.717) is 12.1 Å². The molecule has 7 heteroatoms. The van der Waals surface area contributed by atoms with E-state index in [0.717, 1.165) is 15.6 Å². The molecule has 0 heterocycles. The summed E-state index contributed by atoms with van der Waals surface area (Å²) < 4.78 is 29.4. The molecule has 150 valence electrons. The zero-order valence-corrected chi connectivity index (χ0v) is 18.7. The summed E-state index contributed by atoms with van der Waals surface area (Å²) in [6.07, 6.45) is 1.72. The molecule has 0 radical (unpaired) electrons. The standard InChI is InChI=1S/C21H24BrNO4S/c1-14(2)13-19(21(24)27-3)23-20(15-5-9-17(22)10-6-15)16-7-11-18(12-8-16)28(4,25)26/h5-12,14,19H,13H2,1-4H3/t19-/m1/s1. The molecule has 0 spiro atoms. The summed E-state index contributed by atoms with van der Waals surface area (Å²) in [7, 11) is -1.94. The predicted octanol–water partition coefficient (Wildman–Crippen LogP) is 4.28. The molecule has 0 aliphatic carbocycles. The van der Waals surface area contributed by atoms with Crippen molar-refractivity contribution in [1.82, 2.24) is 0 Å². The van der Waals surface area contributed by atoms with Crippen LogP contribution in [0.4, 0.5) is 0 Å². The number of esters is 1. The highest BCUT2D eigenvalue weighted by molar-refractivity contribution is 9.10. The Bertz CT molecular complexity index is 949. The second-order valence-corrected chi connectivity index (χ2v) is 9.88. The maximum absolute atomic E-state index is 12.3. The van der Waals surface area contributed by atoms with Crippen LogP contribution in [0.25, 0.3) is 0 Å². The largest absolute Gasteiger partial charge is 0.467 e. The van der Waals surface area contributed by atoms with E-state index in [-0.39, 0.29) is 10.8 Å². The normalized spacial score (nSPS) is 13.4. The Balaban J connectivity index is 2.58. The van der Waals surface area contributed by atoms with Crippen LogP contribution in [0.5, 0.6) is 0 Å². The topological polar surface area (TPSA) is 72.8 Å². The van der Waals surface area contributed by atoms with Crippen LogP contribution in [-0.4, -0.2) is 39.5 Å². The van der Waals surface area contributed by atoms with Crippen molar-refractivity contribution in [3.8, 4) is 0 Å². The van der Waals surface area contributed by atoms with E-state index in [1.165, 1.54) is 13.4 Å². The van der Waals surface area contributed by atoms with Gasteiger partial charge in [0.2, 0.25) is 0 Å². The number of hydrogen-bond acceptors (Lipinski definition) is 5. The quantitative estimate of drug-likeness (QED) is 0.451. The van der Waals surface area contributed by atoms with Crippen LogP contribution < -0.4 is 0 Å². The fourth-order valence-electron chi connectivity index (χ4n) is 2.72. The molecule has 2 aromatic carbocycles. The van der Waals surface area contributed by atoms with Gasteiger partial charge in [-0.3, -0.25) is 4.99 Å². The van der Waals surface area contributed by atoms with Crippen molar-refractivity contribution < 1.29 is 17.9 Å². The van der Waals surface area contributed by atoms with Gasteiger partial charge in [0, 0.05) is 21.9 Å². The minimum Gasteiger partial charge on any atom is -0.467 e. The molecule has 1 atom stereocenters. The van der Waals surface area contributed by atoms with Gasteiger partial charge < -0.3 is 4.74 Å². The van der Waals surface area contributed by atoms with Gasteiger partial charge in [0.25, 0.3) is 0 Å². The third kappa shape index (κ3) is 6.01. The molecule has 0 saturated carbocycles. The summed E-state index contributed by atoms with van der Waals surface area (Å²) in [6, 6.07) is 13.5. The van der Waals surface area contributed by atoms with Crippen molar-refractivity contribution in [2.45, 2.75) is 31.2 Å². The monoisotopic (exact) mass is 465 g/mol. The highest BCUT2D eigenvalue weighted by atomic mass is 79.9. The van der Waals surface area contributed by atoms with Gasteiger partial charge in [-0.2, -0.15) is 0 Å². The number of ether oxygens (including phenoxy) is 1. The molecule has 28 heavy (non-hydrogen) atoms. The zero-order chi connectivity index (χ0) is 20.9. The van der Waals surface area contributed by atoms with E-state index < -0.39 is 21.8 Å². The number of nitrogens with zero attached hydrogens (tertiary/aromatic N) is 1. The van der Waals surface area contributed by atoms with Crippen molar-refractivity contribution in [2.24, 2.45) is 10.9 Å². The molecule has 0 N–H and O–H groups in total. The summed E-state index contributed by atoms with van der Waals surface area (Å²) in [5, 5.41) is 0. The van der Waals surface area contributed by atoms with E-state index in [2.05, 4.69) is 15.9 Å². The van der Waals surface area contributed by atoms with Crippen LogP contribution in [-0.2, 0) is 19.4 Å². The average molecular weight is 466 g/mol. The van der Waals surface area contributed by atoms with Crippen molar-refractivity contribution in [3.05, 3.63) is 64.1 Å². The summed E-state index contributed by atoms with van der Waals surface area (Å²) >= 11 is 3.42. The van der Waals surface area contributed by atoms with E-state index in [1.54, 1.807) is 24.3 Å². The van der Waals surface area contributed by atoms with Crippen molar-refractivity contribution in [2.75, 3.05) is 13.4 Å². The number of halogens is 1. The Labute approximate surface area is 174 Å². The average Bonchev–Trinajstić information content (AvgIpc) is 2.64. The Morgan fingerprint density at radius 3 is 1.96 bits per heavy atom. The van der Waals surface area contributed by atoms with Gasteiger partial charge in [-0.25, -0.2) is 13.2 Å². The number of methoxy groups -OCH3 is 1. The Morgan fingerprint density at radius 1 is 1.04 bits per heavy atom. The van der Waals surface area contributed by atoms with Crippen LogP contribution in [0.1, 0.15) is 31.4 Å². The summed E-state index contributed by atoms with van der Waals surface area (Å²) in [5.74, 6) is -0.136. The second kappa shape index (κ2) is 9.47. The molecule has 2 aromatic rings.